The summed E-state index contributed by atoms with van der Waals surface area (Å²) < 4.78 is 0. The molecule has 0 aliphatic heterocycles. The fraction of sp³-hybridized carbons (Fsp3) is 0.500. The number of hydrogen-bond acceptors (Lipinski definition) is 4. The Morgan fingerprint density at radius 1 is 1.60 bits per heavy atom. The number of anilines is 1. The quantitative estimate of drug-likeness (QED) is 0.334. The number of thiocarbonyl (C=S) groups is 1. The van der Waals surface area contributed by atoms with Crippen molar-refractivity contribution in [2.24, 2.45) is 0 Å². The van der Waals surface area contributed by atoms with Gasteiger partial charge in [0.05, 0.1) is 5.69 Å². The van der Waals surface area contributed by atoms with E-state index in [9.17, 15) is 0 Å². The molecular formula is C8H16N6S. The van der Waals surface area contributed by atoms with Gasteiger partial charge in [-0.15, -0.1) is 0 Å². The van der Waals surface area contributed by atoms with Crippen molar-refractivity contribution < 1.29 is 0 Å². The van der Waals surface area contributed by atoms with Crippen molar-refractivity contribution in [3.8, 4) is 0 Å². The lowest BCUT2D eigenvalue weighted by molar-refractivity contribution is 0.662. The average molecular weight is 228 g/mol. The average Bonchev–Trinajstić information content (AvgIpc) is 2.63. The van der Waals surface area contributed by atoms with Crippen LogP contribution in [-0.4, -0.2) is 35.2 Å². The second-order valence-corrected chi connectivity index (χ2v) is 3.37. The van der Waals surface area contributed by atoms with Crippen LogP contribution in [0, 0.1) is 0 Å². The first-order chi connectivity index (χ1) is 7.22. The molecule has 7 heteroatoms. The third kappa shape index (κ3) is 4.61. The molecule has 1 aromatic rings. The van der Waals surface area contributed by atoms with Gasteiger partial charge in [-0.25, -0.2) is 4.98 Å². The standard InChI is InChI=1S/C8H16N6S/c1-10-8(15)12-3-2-11-4-6-5-13-7(9)14-6/h5,11H,2-4H2,1H3,(H3,9,13,14)(H2,10,12,15). The van der Waals surface area contributed by atoms with E-state index >= 15 is 0 Å². The maximum Gasteiger partial charge on any atom is 0.197 e. The molecule has 0 aromatic carbocycles. The van der Waals surface area contributed by atoms with Gasteiger partial charge in [0.2, 0.25) is 0 Å². The van der Waals surface area contributed by atoms with Gasteiger partial charge in [0.25, 0.3) is 0 Å². The van der Waals surface area contributed by atoms with E-state index in [2.05, 4.69) is 25.9 Å². The molecule has 1 rings (SSSR count). The topological polar surface area (TPSA) is 90.8 Å². The number of nitrogens with two attached hydrogens (primary N) is 1. The molecule has 6 N–H and O–H groups in total. The van der Waals surface area contributed by atoms with E-state index in [0.29, 0.717) is 17.6 Å². The Labute approximate surface area is 94.0 Å². The Bertz CT molecular complexity index is 310. The number of hydrogen-bond donors (Lipinski definition) is 5. The van der Waals surface area contributed by atoms with Crippen LogP contribution in [0.5, 0.6) is 0 Å². The maximum atomic E-state index is 5.43. The smallest absolute Gasteiger partial charge is 0.197 e. The van der Waals surface area contributed by atoms with Crippen LogP contribution in [0.3, 0.4) is 0 Å². The molecule has 0 spiro atoms. The first-order valence-electron chi connectivity index (χ1n) is 4.68. The number of aromatic amines is 1. The van der Waals surface area contributed by atoms with Crippen molar-refractivity contribution in [3.63, 3.8) is 0 Å². The molecule has 84 valence electrons. The van der Waals surface area contributed by atoms with Gasteiger partial charge in [-0.3, -0.25) is 0 Å². The number of nitrogens with one attached hydrogen (secondary N) is 4. The monoisotopic (exact) mass is 228 g/mol. The summed E-state index contributed by atoms with van der Waals surface area (Å²) in [7, 11) is 1.79. The summed E-state index contributed by atoms with van der Waals surface area (Å²) in [5.74, 6) is 0.446. The van der Waals surface area contributed by atoms with Crippen LogP contribution in [0.1, 0.15) is 5.69 Å². The van der Waals surface area contributed by atoms with Gasteiger partial charge >= 0.3 is 0 Å². The minimum atomic E-state index is 0.446. The van der Waals surface area contributed by atoms with Crippen molar-refractivity contribution in [2.75, 3.05) is 25.9 Å². The summed E-state index contributed by atoms with van der Waals surface area (Å²) in [5, 5.41) is 9.72. The molecule has 0 saturated carbocycles. The van der Waals surface area contributed by atoms with Crippen molar-refractivity contribution in [1.82, 2.24) is 25.9 Å². The Morgan fingerprint density at radius 3 is 3.00 bits per heavy atom. The highest BCUT2D eigenvalue weighted by atomic mass is 32.1. The Balaban J connectivity index is 2.05. The van der Waals surface area contributed by atoms with Crippen LogP contribution in [0.4, 0.5) is 5.95 Å². The molecule has 15 heavy (non-hydrogen) atoms. The Kier molecular flexibility index (Phi) is 4.85. The molecule has 0 radical (unpaired) electrons. The number of imidazole rings is 1. The predicted molar refractivity (Wildman–Crippen MR) is 64.4 cm³/mol. The zero-order chi connectivity index (χ0) is 11.1. The highest BCUT2D eigenvalue weighted by Gasteiger charge is 1.96. The molecular weight excluding hydrogens is 212 g/mol. The van der Waals surface area contributed by atoms with E-state index < -0.39 is 0 Å². The summed E-state index contributed by atoms with van der Waals surface area (Å²) in [5.41, 5.74) is 6.34. The lowest BCUT2D eigenvalue weighted by atomic mass is 10.4. The van der Waals surface area contributed by atoms with E-state index in [1.54, 1.807) is 13.2 Å². The molecule has 0 unspecified atom stereocenters. The van der Waals surface area contributed by atoms with Gasteiger partial charge in [0, 0.05) is 32.9 Å². The molecule has 0 fully saturated rings. The number of nitrogen functional groups attached to an aromatic ring is 1. The zero-order valence-corrected chi connectivity index (χ0v) is 9.45. The molecule has 6 nitrogen and oxygen atoms in total. The summed E-state index contributed by atoms with van der Waals surface area (Å²) >= 11 is 4.92. The van der Waals surface area contributed by atoms with Crippen LogP contribution in [0.25, 0.3) is 0 Å². The molecule has 0 amide bonds. The SMILES string of the molecule is CNC(=S)NCCNCc1c[nH]c(N)n1. The molecule has 0 aliphatic carbocycles. The fourth-order valence-electron chi connectivity index (χ4n) is 1.04. The van der Waals surface area contributed by atoms with E-state index in [1.165, 1.54) is 0 Å². The van der Waals surface area contributed by atoms with Crippen molar-refractivity contribution in [3.05, 3.63) is 11.9 Å². The highest BCUT2D eigenvalue weighted by molar-refractivity contribution is 7.80. The number of nitrogens with zero attached hydrogens (tertiary/aromatic N) is 1. The predicted octanol–water partition coefficient (Wildman–Crippen LogP) is -0.825. The van der Waals surface area contributed by atoms with Gasteiger partial charge in [-0.2, -0.15) is 0 Å². The van der Waals surface area contributed by atoms with Crippen LogP contribution < -0.4 is 21.7 Å². The normalized spacial score (nSPS) is 9.93. The summed E-state index contributed by atoms with van der Waals surface area (Å²) in [4.78, 5) is 6.88. The zero-order valence-electron chi connectivity index (χ0n) is 8.63. The summed E-state index contributed by atoms with van der Waals surface area (Å²) in [6, 6.07) is 0. The molecule has 0 saturated heterocycles. The lowest BCUT2D eigenvalue weighted by Gasteiger charge is -2.06. The Morgan fingerprint density at radius 2 is 2.40 bits per heavy atom. The largest absolute Gasteiger partial charge is 0.369 e. The van der Waals surface area contributed by atoms with Gasteiger partial charge in [-0.1, -0.05) is 0 Å². The van der Waals surface area contributed by atoms with Crippen LogP contribution in [0.15, 0.2) is 6.20 Å². The van der Waals surface area contributed by atoms with Crippen LogP contribution >= 0.6 is 12.2 Å². The van der Waals surface area contributed by atoms with E-state index in [4.69, 9.17) is 18.0 Å². The lowest BCUT2D eigenvalue weighted by Crippen LogP contribution is -2.37. The first kappa shape index (κ1) is 11.7. The van der Waals surface area contributed by atoms with Crippen molar-refractivity contribution >= 4 is 23.3 Å². The molecule has 1 aromatic heterocycles. The van der Waals surface area contributed by atoms with E-state index in [0.717, 1.165) is 18.8 Å². The third-order valence-electron chi connectivity index (χ3n) is 1.77. The number of H-pyrrole nitrogens is 1. The third-order valence-corrected chi connectivity index (χ3v) is 2.12. The minimum absolute atomic E-state index is 0.446. The van der Waals surface area contributed by atoms with Crippen LogP contribution in [-0.2, 0) is 6.54 Å². The van der Waals surface area contributed by atoms with E-state index in [1.807, 2.05) is 0 Å². The van der Waals surface area contributed by atoms with Crippen molar-refractivity contribution in [1.29, 1.82) is 0 Å². The molecule has 0 bridgehead atoms. The first-order valence-corrected chi connectivity index (χ1v) is 5.09. The Hall–Kier alpha value is -1.34. The maximum absolute atomic E-state index is 5.43. The van der Waals surface area contributed by atoms with Gasteiger partial charge in [-0.05, 0) is 12.2 Å². The molecule has 0 aliphatic rings. The molecule has 0 atom stereocenters. The van der Waals surface area contributed by atoms with Crippen LogP contribution in [0.2, 0.25) is 0 Å². The summed E-state index contributed by atoms with van der Waals surface area (Å²) in [6.45, 7) is 2.29. The highest BCUT2D eigenvalue weighted by Crippen LogP contribution is 1.95. The van der Waals surface area contributed by atoms with Crippen molar-refractivity contribution in [2.45, 2.75) is 6.54 Å². The second-order valence-electron chi connectivity index (χ2n) is 2.96. The molecule has 1 heterocycles. The number of rotatable bonds is 5. The van der Waals surface area contributed by atoms with Gasteiger partial charge < -0.3 is 26.7 Å². The minimum Gasteiger partial charge on any atom is -0.369 e. The van der Waals surface area contributed by atoms with Gasteiger partial charge in [0.1, 0.15) is 0 Å². The second kappa shape index (κ2) is 6.20. The van der Waals surface area contributed by atoms with E-state index in [-0.39, 0.29) is 0 Å². The summed E-state index contributed by atoms with van der Waals surface area (Å²) in [6.07, 6.45) is 1.79. The number of aromatic nitrogens is 2. The fourth-order valence-corrected chi connectivity index (χ4v) is 1.14. The van der Waals surface area contributed by atoms with Gasteiger partial charge in [0.15, 0.2) is 11.1 Å².